The van der Waals surface area contributed by atoms with Crippen molar-refractivity contribution in [2.24, 2.45) is 0 Å². The second-order valence-corrected chi connectivity index (χ2v) is 17.4. The number of rotatable bonds is 8. The van der Waals surface area contributed by atoms with E-state index in [1.807, 2.05) is 36.4 Å². The first kappa shape index (κ1) is 41.8. The number of hydrogen-bond donors (Lipinski definition) is 9. The van der Waals surface area contributed by atoms with Gasteiger partial charge in [-0.15, -0.1) is 0 Å². The van der Waals surface area contributed by atoms with Crippen molar-refractivity contribution >= 4 is 12.2 Å². The van der Waals surface area contributed by atoms with Crippen LogP contribution in [0.15, 0.2) is 152 Å². The first-order chi connectivity index (χ1) is 32.8. The van der Waals surface area contributed by atoms with Crippen LogP contribution in [-0.4, -0.2) is 46.0 Å². The van der Waals surface area contributed by atoms with Gasteiger partial charge in [-0.3, -0.25) is 0 Å². The van der Waals surface area contributed by atoms with Gasteiger partial charge in [0, 0.05) is 34.9 Å². The molecule has 0 amide bonds. The topological polar surface area (TPSA) is 210 Å². The number of phenols is 9. The molecule has 12 heteroatoms. The van der Waals surface area contributed by atoms with Gasteiger partial charge in [0.1, 0.15) is 75.8 Å². The van der Waals surface area contributed by atoms with Crippen LogP contribution < -0.4 is 14.2 Å². The Morgan fingerprint density at radius 1 is 0.324 bits per heavy atom. The number of hydrogen-bond acceptors (Lipinski definition) is 12. The number of benzene rings is 8. The third kappa shape index (κ3) is 7.47. The summed E-state index contributed by atoms with van der Waals surface area (Å²) in [7, 11) is 0. The summed E-state index contributed by atoms with van der Waals surface area (Å²) >= 11 is 0. The molecule has 0 spiro atoms. The highest BCUT2D eigenvalue weighted by molar-refractivity contribution is 5.76. The van der Waals surface area contributed by atoms with Crippen LogP contribution in [0.4, 0.5) is 0 Å². The van der Waals surface area contributed by atoms with Crippen LogP contribution in [0, 0.1) is 0 Å². The summed E-state index contributed by atoms with van der Waals surface area (Å²) < 4.78 is 19.8. The SMILES string of the molecule is Oc1ccc([C@H]2Oc3c(O)cc([C@H]4c5cc(C=Cc6cc(O)cc7c6[C@H](c6cc(O)cc(O)c6)[C@H](c6ccc(O)cc6)O7)ccc5O[C@H]4c4ccc(O)cc4)cc3[C@H]2c2cc(O)cc(O)c2)cc1. The van der Waals surface area contributed by atoms with E-state index in [0.29, 0.717) is 50.4 Å². The van der Waals surface area contributed by atoms with Crippen molar-refractivity contribution in [3.05, 3.63) is 213 Å². The van der Waals surface area contributed by atoms with Crippen LogP contribution in [0.3, 0.4) is 0 Å². The van der Waals surface area contributed by atoms with E-state index in [0.717, 1.165) is 22.3 Å². The minimum Gasteiger partial charge on any atom is -0.508 e. The van der Waals surface area contributed by atoms with Gasteiger partial charge in [-0.1, -0.05) is 60.7 Å². The average Bonchev–Trinajstić information content (AvgIpc) is 4.00. The fourth-order valence-corrected chi connectivity index (χ4v) is 10.1. The predicted molar refractivity (Wildman–Crippen MR) is 251 cm³/mol. The van der Waals surface area contributed by atoms with E-state index in [1.54, 1.807) is 109 Å². The van der Waals surface area contributed by atoms with E-state index in [9.17, 15) is 46.0 Å². The van der Waals surface area contributed by atoms with Gasteiger partial charge in [0.05, 0.1) is 17.8 Å². The molecule has 0 unspecified atom stereocenters. The van der Waals surface area contributed by atoms with Crippen LogP contribution in [-0.2, 0) is 0 Å². The second-order valence-electron chi connectivity index (χ2n) is 17.4. The lowest BCUT2D eigenvalue weighted by Crippen LogP contribution is -2.13. The third-order valence-corrected chi connectivity index (χ3v) is 13.0. The molecule has 0 saturated heterocycles. The molecule has 9 N–H and O–H groups in total. The standard InChI is InChI=1S/C56H42O12/c57-36-10-4-29(5-11-36)53-49(35-23-45-50(33-19-39(60)25-40(61)20-33)54(68-56(45)46(65)24-35)30-6-12-37(58)13-7-30)44-17-28(2-16-47(44)66-53)1-3-32-18-43(64)27-48-51(32)52(34-21-41(62)26-42(63)22-34)55(67-48)31-8-14-38(59)15-9-31/h1-27,49-50,52-55,57-65H/t49-,50+,52-,53-,54+,55-/m0/s1. The van der Waals surface area contributed by atoms with Gasteiger partial charge < -0.3 is 60.2 Å². The van der Waals surface area contributed by atoms with Gasteiger partial charge in [-0.2, -0.15) is 0 Å². The Kier molecular flexibility index (Phi) is 9.96. The molecular weight excluding hydrogens is 865 g/mol. The second kappa shape index (κ2) is 16.2. The fraction of sp³-hybridized carbons (Fsp3) is 0.107. The number of fused-ring (bicyclic) bond motifs is 3. The van der Waals surface area contributed by atoms with E-state index in [4.69, 9.17) is 14.2 Å². The fourth-order valence-electron chi connectivity index (χ4n) is 10.1. The molecule has 8 aromatic carbocycles. The molecule has 12 nitrogen and oxygen atoms in total. The first-order valence-electron chi connectivity index (χ1n) is 21.8. The molecule has 11 rings (SSSR count). The lowest BCUT2D eigenvalue weighted by molar-refractivity contribution is 0.214. The van der Waals surface area contributed by atoms with Crippen LogP contribution in [0.5, 0.6) is 69.0 Å². The molecule has 338 valence electrons. The molecule has 0 radical (unpaired) electrons. The Hall–Kier alpha value is -8.90. The smallest absolute Gasteiger partial charge is 0.165 e. The molecule has 0 aliphatic carbocycles. The Balaban J connectivity index is 1.02. The molecule has 3 heterocycles. The monoisotopic (exact) mass is 906 g/mol. The zero-order valence-electron chi connectivity index (χ0n) is 35.8. The minimum atomic E-state index is -0.719. The zero-order chi connectivity index (χ0) is 47.0. The van der Waals surface area contributed by atoms with Gasteiger partial charge in [0.15, 0.2) is 11.5 Å². The van der Waals surface area contributed by atoms with E-state index in [2.05, 4.69) is 0 Å². The van der Waals surface area contributed by atoms with Crippen molar-refractivity contribution < 1.29 is 60.2 Å². The molecule has 0 fully saturated rings. The summed E-state index contributed by atoms with van der Waals surface area (Å²) in [6, 6.07) is 41.1. The quantitative estimate of drug-likeness (QED) is 0.0652. The third-order valence-electron chi connectivity index (χ3n) is 13.0. The molecule has 8 aromatic rings. The van der Waals surface area contributed by atoms with E-state index < -0.39 is 36.1 Å². The van der Waals surface area contributed by atoms with Crippen molar-refractivity contribution in [2.45, 2.75) is 36.1 Å². The molecule has 0 aromatic heterocycles. The molecule has 0 bridgehead atoms. The summed E-state index contributed by atoms with van der Waals surface area (Å²) in [5.41, 5.74) is 7.39. The van der Waals surface area contributed by atoms with Crippen molar-refractivity contribution in [3.8, 4) is 69.0 Å². The lowest BCUT2D eigenvalue weighted by Gasteiger charge is -2.22. The van der Waals surface area contributed by atoms with E-state index >= 15 is 0 Å². The Labute approximate surface area is 389 Å². The van der Waals surface area contributed by atoms with Gasteiger partial charge >= 0.3 is 0 Å². The van der Waals surface area contributed by atoms with Crippen molar-refractivity contribution in [1.82, 2.24) is 0 Å². The van der Waals surface area contributed by atoms with Gasteiger partial charge in [0.25, 0.3) is 0 Å². The summed E-state index contributed by atoms with van der Waals surface area (Å²) in [6.07, 6.45) is 1.76. The average molecular weight is 907 g/mol. The Morgan fingerprint density at radius 2 is 0.779 bits per heavy atom. The highest BCUT2D eigenvalue weighted by Crippen LogP contribution is 2.58. The highest BCUT2D eigenvalue weighted by atomic mass is 16.5. The molecule has 3 aliphatic rings. The minimum absolute atomic E-state index is 0.0429. The lowest BCUT2D eigenvalue weighted by atomic mass is 9.80. The maximum Gasteiger partial charge on any atom is 0.165 e. The summed E-state index contributed by atoms with van der Waals surface area (Å²) in [5.74, 6) is -1.03. The van der Waals surface area contributed by atoms with Crippen molar-refractivity contribution in [1.29, 1.82) is 0 Å². The van der Waals surface area contributed by atoms with Crippen LogP contribution in [0.1, 0.15) is 97.3 Å². The zero-order valence-corrected chi connectivity index (χ0v) is 35.8. The molecule has 3 aliphatic heterocycles. The Morgan fingerprint density at radius 3 is 1.34 bits per heavy atom. The predicted octanol–water partition coefficient (Wildman–Crippen LogP) is 11.0. The Bertz CT molecular complexity index is 3250. The van der Waals surface area contributed by atoms with Crippen LogP contribution in [0.2, 0.25) is 0 Å². The summed E-state index contributed by atoms with van der Waals surface area (Å²) in [6.45, 7) is 0. The molecule has 0 saturated carbocycles. The first-order valence-corrected chi connectivity index (χ1v) is 21.8. The molecule has 6 atom stereocenters. The van der Waals surface area contributed by atoms with Crippen molar-refractivity contribution in [2.75, 3.05) is 0 Å². The number of phenolic OH excluding ortho intramolecular Hbond substituents is 9. The maximum atomic E-state index is 11.9. The number of aromatic hydroxyl groups is 9. The van der Waals surface area contributed by atoms with E-state index in [1.165, 1.54) is 18.2 Å². The van der Waals surface area contributed by atoms with Gasteiger partial charge in [-0.05, 0) is 129 Å². The summed E-state index contributed by atoms with van der Waals surface area (Å²) in [4.78, 5) is 0. The van der Waals surface area contributed by atoms with Crippen molar-refractivity contribution in [3.63, 3.8) is 0 Å². The van der Waals surface area contributed by atoms with Gasteiger partial charge in [0.2, 0.25) is 0 Å². The number of ether oxygens (including phenoxy) is 3. The largest absolute Gasteiger partial charge is 0.508 e. The van der Waals surface area contributed by atoms with Crippen LogP contribution in [0.25, 0.3) is 12.2 Å². The van der Waals surface area contributed by atoms with Crippen LogP contribution >= 0.6 is 0 Å². The molecule has 68 heavy (non-hydrogen) atoms. The van der Waals surface area contributed by atoms with E-state index in [-0.39, 0.29) is 57.5 Å². The maximum absolute atomic E-state index is 11.9. The van der Waals surface area contributed by atoms with Gasteiger partial charge in [-0.25, -0.2) is 0 Å². The highest BCUT2D eigenvalue weighted by Gasteiger charge is 2.43. The summed E-state index contributed by atoms with van der Waals surface area (Å²) in [5, 5.41) is 95.9. The normalized spacial score (nSPS) is 20.0. The molecular formula is C56H42O12.